The van der Waals surface area contributed by atoms with Crippen LogP contribution in [0.2, 0.25) is 0 Å². The summed E-state index contributed by atoms with van der Waals surface area (Å²) in [6.45, 7) is 9.06. The van der Waals surface area contributed by atoms with E-state index in [9.17, 15) is 0 Å². The standard InChI is InChI=1S/C20H28N4O/c1-14-9-17-18(5-4-8-25-20(17)10-15(14)2)21-11-16-12-22-24-7-6-23(3)13-19(16)24/h9-10,12,18,21H,4-8,11,13H2,1-3H3. The molecular weight excluding hydrogens is 312 g/mol. The second-order valence-electron chi connectivity index (χ2n) is 7.48. The van der Waals surface area contributed by atoms with E-state index in [4.69, 9.17) is 4.74 Å². The predicted molar refractivity (Wildman–Crippen MR) is 98.8 cm³/mol. The molecule has 5 heteroatoms. The molecule has 5 nitrogen and oxygen atoms in total. The molecule has 0 amide bonds. The van der Waals surface area contributed by atoms with Gasteiger partial charge in [-0.3, -0.25) is 9.58 Å². The number of aromatic nitrogens is 2. The number of aryl methyl sites for hydroxylation is 2. The van der Waals surface area contributed by atoms with Crippen LogP contribution in [0.5, 0.6) is 5.75 Å². The summed E-state index contributed by atoms with van der Waals surface area (Å²) in [5.41, 5.74) is 6.61. The number of likely N-dealkylation sites (N-methyl/N-ethyl adjacent to an activating group) is 1. The highest BCUT2D eigenvalue weighted by Gasteiger charge is 2.22. The average molecular weight is 340 g/mol. The number of nitrogens with one attached hydrogen (secondary N) is 1. The van der Waals surface area contributed by atoms with Crippen LogP contribution in [0.3, 0.4) is 0 Å². The smallest absolute Gasteiger partial charge is 0.124 e. The Kier molecular flexibility index (Phi) is 4.52. The number of benzene rings is 1. The van der Waals surface area contributed by atoms with E-state index in [0.29, 0.717) is 6.04 Å². The number of hydrogen-bond donors (Lipinski definition) is 1. The third-order valence-corrected chi connectivity index (χ3v) is 5.58. The van der Waals surface area contributed by atoms with Gasteiger partial charge in [-0.2, -0.15) is 5.10 Å². The zero-order chi connectivity index (χ0) is 17.4. The fourth-order valence-corrected chi connectivity index (χ4v) is 3.85. The van der Waals surface area contributed by atoms with Gasteiger partial charge in [-0.05, 0) is 50.9 Å². The molecule has 2 aliphatic heterocycles. The first-order valence-electron chi connectivity index (χ1n) is 9.31. The first kappa shape index (κ1) is 16.6. The van der Waals surface area contributed by atoms with E-state index in [0.717, 1.165) is 51.4 Å². The summed E-state index contributed by atoms with van der Waals surface area (Å²) in [6, 6.07) is 4.84. The Bertz CT molecular complexity index is 767. The number of fused-ring (bicyclic) bond motifs is 2. The molecule has 1 aromatic heterocycles. The molecule has 0 spiro atoms. The van der Waals surface area contributed by atoms with Crippen molar-refractivity contribution in [3.8, 4) is 5.75 Å². The quantitative estimate of drug-likeness (QED) is 0.933. The lowest BCUT2D eigenvalue weighted by Crippen LogP contribution is -2.31. The molecule has 25 heavy (non-hydrogen) atoms. The summed E-state index contributed by atoms with van der Waals surface area (Å²) >= 11 is 0. The number of rotatable bonds is 3. The van der Waals surface area contributed by atoms with Crippen molar-refractivity contribution in [2.75, 3.05) is 20.2 Å². The Hall–Kier alpha value is -1.85. The molecule has 0 aliphatic carbocycles. The fourth-order valence-electron chi connectivity index (χ4n) is 3.85. The molecule has 1 unspecified atom stereocenters. The van der Waals surface area contributed by atoms with Gasteiger partial charge in [-0.15, -0.1) is 0 Å². The van der Waals surface area contributed by atoms with Gasteiger partial charge in [-0.1, -0.05) is 6.07 Å². The van der Waals surface area contributed by atoms with Crippen molar-refractivity contribution >= 4 is 0 Å². The van der Waals surface area contributed by atoms with Gasteiger partial charge < -0.3 is 10.1 Å². The topological polar surface area (TPSA) is 42.3 Å². The maximum atomic E-state index is 5.99. The van der Waals surface area contributed by atoms with Gasteiger partial charge in [0.15, 0.2) is 0 Å². The van der Waals surface area contributed by atoms with E-state index < -0.39 is 0 Å². The molecule has 0 saturated heterocycles. The summed E-state index contributed by atoms with van der Waals surface area (Å²) in [6.07, 6.45) is 4.23. The molecule has 1 aromatic carbocycles. The van der Waals surface area contributed by atoms with Gasteiger partial charge in [-0.25, -0.2) is 0 Å². The molecule has 2 aromatic rings. The Morgan fingerprint density at radius 3 is 2.96 bits per heavy atom. The monoisotopic (exact) mass is 340 g/mol. The normalized spacial score (nSPS) is 20.5. The first-order valence-corrected chi connectivity index (χ1v) is 9.31. The van der Waals surface area contributed by atoms with Gasteiger partial charge in [0.05, 0.1) is 25.0 Å². The van der Waals surface area contributed by atoms with Gasteiger partial charge in [0.1, 0.15) is 5.75 Å². The van der Waals surface area contributed by atoms with E-state index in [-0.39, 0.29) is 0 Å². The predicted octanol–water partition coefficient (Wildman–Crippen LogP) is 2.95. The highest BCUT2D eigenvalue weighted by molar-refractivity contribution is 5.44. The highest BCUT2D eigenvalue weighted by Crippen LogP contribution is 2.34. The minimum Gasteiger partial charge on any atom is -0.493 e. The molecule has 3 heterocycles. The van der Waals surface area contributed by atoms with Gasteiger partial charge in [0, 0.05) is 36.8 Å². The molecule has 1 atom stereocenters. The van der Waals surface area contributed by atoms with E-state index >= 15 is 0 Å². The zero-order valence-corrected chi connectivity index (χ0v) is 15.5. The number of ether oxygens (including phenoxy) is 1. The summed E-state index contributed by atoms with van der Waals surface area (Å²) in [5, 5.41) is 8.35. The highest BCUT2D eigenvalue weighted by atomic mass is 16.5. The van der Waals surface area contributed by atoms with Crippen LogP contribution in [-0.4, -0.2) is 34.9 Å². The minimum atomic E-state index is 0.341. The van der Waals surface area contributed by atoms with Crippen molar-refractivity contribution in [1.29, 1.82) is 0 Å². The van der Waals surface area contributed by atoms with Gasteiger partial charge in [0.25, 0.3) is 0 Å². The summed E-state index contributed by atoms with van der Waals surface area (Å²) in [5.74, 6) is 1.05. The lowest BCUT2D eigenvalue weighted by molar-refractivity contribution is 0.257. The van der Waals surface area contributed by atoms with E-state index in [1.165, 1.54) is 27.9 Å². The van der Waals surface area contributed by atoms with Gasteiger partial charge >= 0.3 is 0 Å². The molecule has 0 fully saturated rings. The molecule has 2 aliphatic rings. The lowest BCUT2D eigenvalue weighted by atomic mass is 9.97. The van der Waals surface area contributed by atoms with Crippen LogP contribution in [0.1, 0.15) is 46.8 Å². The summed E-state index contributed by atoms with van der Waals surface area (Å²) < 4.78 is 8.15. The maximum absolute atomic E-state index is 5.99. The van der Waals surface area contributed by atoms with Crippen LogP contribution < -0.4 is 10.1 Å². The van der Waals surface area contributed by atoms with Crippen molar-refractivity contribution < 1.29 is 4.74 Å². The Morgan fingerprint density at radius 1 is 1.24 bits per heavy atom. The Labute approximate surface area is 150 Å². The second kappa shape index (κ2) is 6.81. The zero-order valence-electron chi connectivity index (χ0n) is 15.5. The van der Waals surface area contributed by atoms with E-state index in [2.05, 4.69) is 53.0 Å². The van der Waals surface area contributed by atoms with Gasteiger partial charge in [0.2, 0.25) is 0 Å². The van der Waals surface area contributed by atoms with Crippen LogP contribution >= 0.6 is 0 Å². The molecule has 0 radical (unpaired) electrons. The van der Waals surface area contributed by atoms with E-state index in [1.54, 1.807) is 0 Å². The van der Waals surface area contributed by atoms with Crippen molar-refractivity contribution in [1.82, 2.24) is 20.0 Å². The molecule has 0 bridgehead atoms. The van der Waals surface area contributed by atoms with Crippen LogP contribution in [-0.2, 0) is 19.6 Å². The van der Waals surface area contributed by atoms with Crippen molar-refractivity contribution in [2.24, 2.45) is 0 Å². The molecule has 4 rings (SSSR count). The van der Waals surface area contributed by atoms with Crippen LogP contribution in [0.4, 0.5) is 0 Å². The maximum Gasteiger partial charge on any atom is 0.124 e. The largest absolute Gasteiger partial charge is 0.493 e. The molecule has 1 N–H and O–H groups in total. The first-order chi connectivity index (χ1) is 12.1. The third kappa shape index (κ3) is 3.31. The molecular formula is C20H28N4O. The van der Waals surface area contributed by atoms with Crippen molar-refractivity contribution in [3.63, 3.8) is 0 Å². The van der Waals surface area contributed by atoms with Crippen LogP contribution in [0, 0.1) is 13.8 Å². The molecule has 134 valence electrons. The second-order valence-corrected chi connectivity index (χ2v) is 7.48. The Balaban J connectivity index is 1.54. The molecule has 0 saturated carbocycles. The number of nitrogens with zero attached hydrogens (tertiary/aromatic N) is 3. The van der Waals surface area contributed by atoms with Crippen molar-refractivity contribution in [2.45, 2.75) is 52.4 Å². The fraction of sp³-hybridized carbons (Fsp3) is 0.550. The van der Waals surface area contributed by atoms with Crippen LogP contribution in [0.25, 0.3) is 0 Å². The summed E-state index contributed by atoms with van der Waals surface area (Å²) in [7, 11) is 2.18. The lowest BCUT2D eigenvalue weighted by Gasteiger charge is -2.25. The third-order valence-electron chi connectivity index (χ3n) is 5.58. The van der Waals surface area contributed by atoms with Crippen molar-refractivity contribution in [3.05, 3.63) is 46.3 Å². The number of hydrogen-bond acceptors (Lipinski definition) is 4. The average Bonchev–Trinajstić information content (AvgIpc) is 2.89. The van der Waals surface area contributed by atoms with Crippen LogP contribution in [0.15, 0.2) is 18.3 Å². The summed E-state index contributed by atoms with van der Waals surface area (Å²) in [4.78, 5) is 2.36. The SMILES string of the molecule is Cc1cc2c(cc1C)C(NCc1cnn3c1CN(C)CC3)CCCO2. The Morgan fingerprint density at radius 2 is 2.08 bits per heavy atom. The minimum absolute atomic E-state index is 0.341. The van der Waals surface area contributed by atoms with E-state index in [1.807, 2.05) is 6.20 Å².